The van der Waals surface area contributed by atoms with Gasteiger partial charge in [0.05, 0.1) is 0 Å². The fraction of sp³-hybridized carbons (Fsp3) is 0.400. The molecule has 0 radical (unpaired) electrons. The minimum atomic E-state index is 0.285. The number of para-hydroxylation sites is 1. The lowest BCUT2D eigenvalue weighted by Gasteiger charge is -2.15. The third kappa shape index (κ3) is 1.30. The molecule has 1 aliphatic heterocycles. The molecule has 2 heteroatoms. The number of hydrogen-bond donors (Lipinski definition) is 0. The van der Waals surface area contributed by atoms with Gasteiger partial charge >= 0.3 is 0 Å². The Kier molecular flexibility index (Phi) is 1.77. The molecule has 0 bridgehead atoms. The molecule has 2 atom stereocenters. The summed E-state index contributed by atoms with van der Waals surface area (Å²) in [5.74, 6) is 0. The highest BCUT2D eigenvalue weighted by Crippen LogP contribution is 2.28. The van der Waals surface area contributed by atoms with Gasteiger partial charge in [-0.15, -0.1) is 0 Å². The highest BCUT2D eigenvalue weighted by Gasteiger charge is 2.37. The van der Waals surface area contributed by atoms with Crippen LogP contribution in [0, 0.1) is 0 Å². The molecule has 0 N–H and O–H groups in total. The quantitative estimate of drug-likeness (QED) is 0.618. The van der Waals surface area contributed by atoms with Gasteiger partial charge in [-0.3, -0.25) is 0 Å². The first kappa shape index (κ1) is 7.62. The molecule has 1 saturated heterocycles. The summed E-state index contributed by atoms with van der Waals surface area (Å²) in [7, 11) is 2.06. The van der Waals surface area contributed by atoms with Crippen molar-refractivity contribution in [1.29, 1.82) is 0 Å². The van der Waals surface area contributed by atoms with E-state index in [4.69, 9.17) is 4.74 Å². The van der Waals surface area contributed by atoms with Crippen molar-refractivity contribution in [3.05, 3.63) is 30.3 Å². The van der Waals surface area contributed by atoms with Crippen molar-refractivity contribution in [1.82, 2.24) is 0 Å². The van der Waals surface area contributed by atoms with Crippen molar-refractivity contribution in [3.63, 3.8) is 0 Å². The second-order valence-electron chi connectivity index (χ2n) is 3.18. The van der Waals surface area contributed by atoms with E-state index in [1.54, 1.807) is 0 Å². The maximum Gasteiger partial charge on any atom is 0.156 e. The monoisotopic (exact) mass is 163 g/mol. The molecule has 2 unspecified atom stereocenters. The van der Waals surface area contributed by atoms with Crippen LogP contribution in [-0.4, -0.2) is 19.4 Å². The van der Waals surface area contributed by atoms with Gasteiger partial charge in [-0.25, -0.2) is 0 Å². The molecule has 2 rings (SSSR count). The smallest absolute Gasteiger partial charge is 0.156 e. The summed E-state index contributed by atoms with van der Waals surface area (Å²) >= 11 is 0. The fourth-order valence-electron chi connectivity index (χ4n) is 1.39. The van der Waals surface area contributed by atoms with Crippen molar-refractivity contribution in [2.24, 2.45) is 0 Å². The third-order valence-electron chi connectivity index (χ3n) is 2.22. The molecule has 0 saturated carbocycles. The van der Waals surface area contributed by atoms with E-state index in [0.717, 1.165) is 0 Å². The number of benzene rings is 1. The van der Waals surface area contributed by atoms with Crippen molar-refractivity contribution < 1.29 is 4.74 Å². The summed E-state index contributed by atoms with van der Waals surface area (Å²) in [6, 6.07) is 10.3. The molecule has 0 amide bonds. The number of hydrogen-bond acceptors (Lipinski definition) is 2. The molecular formula is C10H13NO. The minimum Gasteiger partial charge on any atom is -0.348 e. The Hall–Kier alpha value is -1.02. The Morgan fingerprint density at radius 2 is 1.83 bits per heavy atom. The number of rotatable bonds is 2. The Balaban J connectivity index is 2.10. The molecule has 1 aliphatic rings. The first-order valence-electron chi connectivity index (χ1n) is 4.22. The van der Waals surface area contributed by atoms with Crippen LogP contribution < -0.4 is 4.90 Å². The Bertz CT molecular complexity index is 260. The topological polar surface area (TPSA) is 15.8 Å². The number of nitrogens with zero attached hydrogens (tertiary/aromatic N) is 1. The van der Waals surface area contributed by atoms with E-state index < -0.39 is 0 Å². The molecule has 64 valence electrons. The van der Waals surface area contributed by atoms with Gasteiger partial charge in [-0.2, -0.15) is 0 Å². The van der Waals surface area contributed by atoms with Crippen molar-refractivity contribution in [2.75, 3.05) is 11.9 Å². The van der Waals surface area contributed by atoms with Gasteiger partial charge in [-0.1, -0.05) is 18.2 Å². The summed E-state index contributed by atoms with van der Waals surface area (Å²) < 4.78 is 5.36. The minimum absolute atomic E-state index is 0.285. The van der Waals surface area contributed by atoms with Gasteiger partial charge < -0.3 is 9.64 Å². The Labute approximate surface area is 72.8 Å². The lowest BCUT2D eigenvalue weighted by molar-refractivity contribution is 0.377. The first-order valence-corrected chi connectivity index (χ1v) is 4.22. The van der Waals surface area contributed by atoms with Gasteiger partial charge in [0.1, 0.15) is 6.10 Å². The molecule has 1 aromatic carbocycles. The molecule has 1 heterocycles. The molecule has 12 heavy (non-hydrogen) atoms. The third-order valence-corrected chi connectivity index (χ3v) is 2.22. The highest BCUT2D eigenvalue weighted by molar-refractivity contribution is 5.46. The van der Waals surface area contributed by atoms with Gasteiger partial charge in [0, 0.05) is 12.7 Å². The normalized spacial score (nSPS) is 26.8. The number of epoxide rings is 1. The largest absolute Gasteiger partial charge is 0.348 e. The molecule has 0 aromatic heterocycles. The van der Waals surface area contributed by atoms with Crippen molar-refractivity contribution in [3.8, 4) is 0 Å². The number of ether oxygens (including phenoxy) is 1. The van der Waals surface area contributed by atoms with Crippen LogP contribution in [0.2, 0.25) is 0 Å². The molecular weight excluding hydrogens is 150 g/mol. The zero-order valence-corrected chi connectivity index (χ0v) is 7.40. The fourth-order valence-corrected chi connectivity index (χ4v) is 1.39. The van der Waals surface area contributed by atoms with Crippen molar-refractivity contribution >= 4 is 5.69 Å². The van der Waals surface area contributed by atoms with E-state index >= 15 is 0 Å². The van der Waals surface area contributed by atoms with Crippen LogP contribution in [-0.2, 0) is 4.74 Å². The van der Waals surface area contributed by atoms with E-state index in [9.17, 15) is 0 Å². The lowest BCUT2D eigenvalue weighted by atomic mass is 10.3. The summed E-state index contributed by atoms with van der Waals surface area (Å²) in [5.41, 5.74) is 1.21. The summed E-state index contributed by atoms with van der Waals surface area (Å²) in [5, 5.41) is 0. The summed E-state index contributed by atoms with van der Waals surface area (Å²) in [6.07, 6.45) is 0.669. The molecule has 1 aromatic rings. The van der Waals surface area contributed by atoms with Gasteiger partial charge in [-0.05, 0) is 19.1 Å². The Morgan fingerprint density at radius 3 is 2.33 bits per heavy atom. The van der Waals surface area contributed by atoms with E-state index in [1.165, 1.54) is 5.69 Å². The standard InChI is InChI=1S/C10H13NO/c1-8-10(12-8)11(2)9-6-4-3-5-7-9/h3-8,10H,1-2H3. The summed E-state index contributed by atoms with van der Waals surface area (Å²) in [4.78, 5) is 2.16. The van der Waals surface area contributed by atoms with Crippen molar-refractivity contribution in [2.45, 2.75) is 19.3 Å². The van der Waals surface area contributed by atoms with E-state index in [1.807, 2.05) is 18.2 Å². The average Bonchev–Trinajstić information content (AvgIpc) is 2.83. The Morgan fingerprint density at radius 1 is 1.25 bits per heavy atom. The van der Waals surface area contributed by atoms with Crippen LogP contribution in [0.25, 0.3) is 0 Å². The predicted octanol–water partition coefficient (Wildman–Crippen LogP) is 1.87. The first-order chi connectivity index (χ1) is 5.79. The van der Waals surface area contributed by atoms with Gasteiger partial charge in [0.2, 0.25) is 0 Å². The number of anilines is 1. The molecule has 0 aliphatic carbocycles. The van der Waals surface area contributed by atoms with Crippen LogP contribution in [0.1, 0.15) is 6.92 Å². The van der Waals surface area contributed by atoms with Crippen LogP contribution in [0.15, 0.2) is 30.3 Å². The summed E-state index contributed by atoms with van der Waals surface area (Å²) in [6.45, 7) is 2.09. The second kappa shape index (κ2) is 2.79. The molecule has 0 spiro atoms. The zero-order chi connectivity index (χ0) is 8.55. The lowest BCUT2D eigenvalue weighted by Crippen LogP contribution is -2.21. The average molecular weight is 163 g/mol. The van der Waals surface area contributed by atoms with Crippen LogP contribution in [0.4, 0.5) is 5.69 Å². The SMILES string of the molecule is CC1OC1N(C)c1ccccc1. The highest BCUT2D eigenvalue weighted by atomic mass is 16.6. The predicted molar refractivity (Wildman–Crippen MR) is 49.2 cm³/mol. The molecule has 2 nitrogen and oxygen atoms in total. The maximum absolute atomic E-state index is 5.36. The van der Waals surface area contributed by atoms with Crippen LogP contribution >= 0.6 is 0 Å². The van der Waals surface area contributed by atoms with Gasteiger partial charge in [0.15, 0.2) is 6.23 Å². The van der Waals surface area contributed by atoms with E-state index in [-0.39, 0.29) is 6.23 Å². The molecule has 1 fully saturated rings. The van der Waals surface area contributed by atoms with E-state index in [2.05, 4.69) is 31.0 Å². The second-order valence-corrected chi connectivity index (χ2v) is 3.18. The van der Waals surface area contributed by atoms with Crippen LogP contribution in [0.3, 0.4) is 0 Å². The van der Waals surface area contributed by atoms with Crippen LogP contribution in [0.5, 0.6) is 0 Å². The van der Waals surface area contributed by atoms with Gasteiger partial charge in [0.25, 0.3) is 0 Å². The maximum atomic E-state index is 5.36. The number of likely N-dealkylation sites (N-methyl/N-ethyl adjacent to an activating group) is 1. The zero-order valence-electron chi connectivity index (χ0n) is 7.40. The van der Waals surface area contributed by atoms with E-state index in [0.29, 0.717) is 6.10 Å².